The third-order valence-electron chi connectivity index (χ3n) is 3.44. The van der Waals surface area contributed by atoms with Gasteiger partial charge in [0.15, 0.2) is 0 Å². The molecule has 1 N–H and O–H groups in total. The smallest absolute Gasteiger partial charge is 0.141 e. The summed E-state index contributed by atoms with van der Waals surface area (Å²) in [6.45, 7) is 12.6. The summed E-state index contributed by atoms with van der Waals surface area (Å²) in [7, 11) is 0. The monoisotopic (exact) mass is 295 g/mol. The molecule has 0 saturated carbocycles. The van der Waals surface area contributed by atoms with Crippen LogP contribution in [0, 0.1) is 5.82 Å². The van der Waals surface area contributed by atoms with Gasteiger partial charge < -0.3 is 15.0 Å². The molecule has 0 aliphatic carbocycles. The lowest BCUT2D eigenvalue weighted by atomic mass is 10.1. The summed E-state index contributed by atoms with van der Waals surface area (Å²) in [4.78, 5) is 6.52. The Balaban J connectivity index is 2.21. The van der Waals surface area contributed by atoms with E-state index in [0.717, 1.165) is 24.5 Å². The highest BCUT2D eigenvalue weighted by Gasteiger charge is 2.25. The second-order valence-corrected chi connectivity index (χ2v) is 6.90. The molecule has 1 aromatic rings. The number of rotatable bonds is 3. The van der Waals surface area contributed by atoms with Crippen LogP contribution in [0.5, 0.6) is 0 Å². The molecule has 0 amide bonds. The Labute approximate surface area is 126 Å². The van der Waals surface area contributed by atoms with Crippen molar-refractivity contribution in [3.63, 3.8) is 0 Å². The van der Waals surface area contributed by atoms with Gasteiger partial charge in [0.1, 0.15) is 11.6 Å². The van der Waals surface area contributed by atoms with Crippen molar-refractivity contribution < 1.29 is 9.13 Å². The minimum absolute atomic E-state index is 0.0187. The first kappa shape index (κ1) is 16.2. The Morgan fingerprint density at radius 3 is 2.52 bits per heavy atom. The largest absolute Gasteiger partial charge is 0.372 e. The van der Waals surface area contributed by atoms with E-state index in [4.69, 9.17) is 4.74 Å². The first-order valence-corrected chi connectivity index (χ1v) is 7.54. The highest BCUT2D eigenvalue weighted by Crippen LogP contribution is 2.23. The average Bonchev–Trinajstić information content (AvgIpc) is 2.34. The van der Waals surface area contributed by atoms with Crippen LogP contribution in [0.4, 0.5) is 10.2 Å². The van der Waals surface area contributed by atoms with Crippen molar-refractivity contribution in [3.05, 3.63) is 23.6 Å². The lowest BCUT2D eigenvalue weighted by Crippen LogP contribution is -2.46. The van der Waals surface area contributed by atoms with Crippen molar-refractivity contribution in [2.75, 3.05) is 18.0 Å². The maximum atomic E-state index is 13.6. The Morgan fingerprint density at radius 2 is 1.95 bits per heavy atom. The van der Waals surface area contributed by atoms with Crippen LogP contribution in [-0.4, -0.2) is 35.8 Å². The molecule has 2 unspecified atom stereocenters. The molecule has 2 heterocycles. The van der Waals surface area contributed by atoms with Gasteiger partial charge in [0.2, 0.25) is 0 Å². The molecule has 118 valence electrons. The third kappa shape index (κ3) is 4.64. The number of hydrogen-bond donors (Lipinski definition) is 1. The number of hydrogen-bond acceptors (Lipinski definition) is 4. The molecule has 0 bridgehead atoms. The predicted octanol–water partition coefficient (Wildman–Crippen LogP) is 2.72. The maximum Gasteiger partial charge on any atom is 0.141 e. The van der Waals surface area contributed by atoms with E-state index in [9.17, 15) is 4.39 Å². The first-order valence-electron chi connectivity index (χ1n) is 7.54. The topological polar surface area (TPSA) is 37.4 Å². The van der Waals surface area contributed by atoms with Gasteiger partial charge in [-0.1, -0.05) is 0 Å². The molecule has 1 aliphatic rings. The normalized spacial score (nSPS) is 23.4. The van der Waals surface area contributed by atoms with Crippen molar-refractivity contribution in [3.8, 4) is 0 Å². The summed E-state index contributed by atoms with van der Waals surface area (Å²) >= 11 is 0. The molecular weight excluding hydrogens is 269 g/mol. The van der Waals surface area contributed by atoms with Crippen LogP contribution in [0.1, 0.15) is 40.2 Å². The van der Waals surface area contributed by atoms with E-state index in [1.54, 1.807) is 6.07 Å². The molecule has 1 aromatic heterocycles. The second kappa shape index (κ2) is 6.28. The molecule has 5 heteroatoms. The van der Waals surface area contributed by atoms with Crippen LogP contribution in [-0.2, 0) is 11.3 Å². The molecule has 21 heavy (non-hydrogen) atoms. The van der Waals surface area contributed by atoms with Gasteiger partial charge in [-0.2, -0.15) is 0 Å². The minimum Gasteiger partial charge on any atom is -0.372 e. The van der Waals surface area contributed by atoms with E-state index in [2.05, 4.69) is 49.8 Å². The summed E-state index contributed by atoms with van der Waals surface area (Å²) in [5.74, 6) is 0.564. The first-order chi connectivity index (χ1) is 9.74. The number of halogens is 1. The van der Waals surface area contributed by atoms with Gasteiger partial charge >= 0.3 is 0 Å². The zero-order valence-electron chi connectivity index (χ0n) is 13.6. The van der Waals surface area contributed by atoms with E-state index < -0.39 is 0 Å². The molecule has 1 aliphatic heterocycles. The number of ether oxygens (including phenoxy) is 1. The molecule has 2 rings (SSSR count). The van der Waals surface area contributed by atoms with Crippen molar-refractivity contribution in [2.45, 2.75) is 58.9 Å². The van der Waals surface area contributed by atoms with E-state index in [0.29, 0.717) is 6.54 Å². The van der Waals surface area contributed by atoms with Gasteiger partial charge in [0, 0.05) is 30.7 Å². The number of pyridine rings is 1. The molecular formula is C16H26FN3O. The van der Waals surface area contributed by atoms with Gasteiger partial charge in [-0.3, -0.25) is 0 Å². The Hall–Kier alpha value is -1.20. The van der Waals surface area contributed by atoms with Crippen LogP contribution < -0.4 is 10.2 Å². The maximum absolute atomic E-state index is 13.6. The summed E-state index contributed by atoms with van der Waals surface area (Å²) in [6.07, 6.45) is 1.61. The summed E-state index contributed by atoms with van der Waals surface area (Å²) in [6, 6.07) is 1.58. The van der Waals surface area contributed by atoms with Crippen LogP contribution >= 0.6 is 0 Å². The number of aromatic nitrogens is 1. The number of anilines is 1. The number of nitrogens with one attached hydrogen (secondary N) is 1. The summed E-state index contributed by atoms with van der Waals surface area (Å²) in [5, 5.41) is 3.40. The fourth-order valence-electron chi connectivity index (χ4n) is 2.60. The van der Waals surface area contributed by atoms with Gasteiger partial charge in [-0.15, -0.1) is 0 Å². The van der Waals surface area contributed by atoms with Crippen LogP contribution in [0.15, 0.2) is 12.3 Å². The molecule has 0 radical (unpaired) electrons. The highest BCUT2D eigenvalue weighted by atomic mass is 19.1. The predicted molar refractivity (Wildman–Crippen MR) is 83.0 cm³/mol. The van der Waals surface area contributed by atoms with Gasteiger partial charge in [-0.05, 0) is 40.7 Å². The van der Waals surface area contributed by atoms with Crippen molar-refractivity contribution in [2.24, 2.45) is 0 Å². The Morgan fingerprint density at radius 1 is 1.33 bits per heavy atom. The molecule has 1 saturated heterocycles. The van der Waals surface area contributed by atoms with Crippen LogP contribution in [0.25, 0.3) is 0 Å². The zero-order valence-corrected chi connectivity index (χ0v) is 13.6. The van der Waals surface area contributed by atoms with Gasteiger partial charge in [0.05, 0.1) is 18.4 Å². The van der Waals surface area contributed by atoms with Gasteiger partial charge in [-0.25, -0.2) is 9.37 Å². The number of morpholine rings is 1. The Bertz CT molecular complexity index is 477. The van der Waals surface area contributed by atoms with Crippen molar-refractivity contribution >= 4 is 5.82 Å². The van der Waals surface area contributed by atoms with E-state index in [1.165, 1.54) is 6.20 Å². The fourth-order valence-corrected chi connectivity index (χ4v) is 2.60. The second-order valence-electron chi connectivity index (χ2n) is 6.90. The van der Waals surface area contributed by atoms with E-state index in [-0.39, 0.29) is 23.6 Å². The molecule has 0 aromatic carbocycles. The van der Waals surface area contributed by atoms with Crippen molar-refractivity contribution in [1.29, 1.82) is 0 Å². The van der Waals surface area contributed by atoms with E-state index in [1.807, 2.05) is 0 Å². The van der Waals surface area contributed by atoms with Crippen molar-refractivity contribution in [1.82, 2.24) is 10.3 Å². The molecule has 2 atom stereocenters. The summed E-state index contributed by atoms with van der Waals surface area (Å²) < 4.78 is 19.3. The minimum atomic E-state index is -0.293. The third-order valence-corrected chi connectivity index (χ3v) is 3.44. The number of nitrogens with zero attached hydrogens (tertiary/aromatic N) is 2. The quantitative estimate of drug-likeness (QED) is 0.930. The lowest BCUT2D eigenvalue weighted by Gasteiger charge is -2.37. The molecule has 0 spiro atoms. The lowest BCUT2D eigenvalue weighted by molar-refractivity contribution is -0.00552. The SMILES string of the molecule is CC1CN(c2ncc(F)cc2CNC(C)(C)C)CC(C)O1. The zero-order chi connectivity index (χ0) is 15.6. The average molecular weight is 295 g/mol. The molecule has 4 nitrogen and oxygen atoms in total. The van der Waals surface area contributed by atoms with Gasteiger partial charge in [0.25, 0.3) is 0 Å². The molecule has 1 fully saturated rings. The van der Waals surface area contributed by atoms with Crippen LogP contribution in [0.3, 0.4) is 0 Å². The van der Waals surface area contributed by atoms with Crippen LogP contribution in [0.2, 0.25) is 0 Å². The highest BCUT2D eigenvalue weighted by molar-refractivity contribution is 5.47. The van der Waals surface area contributed by atoms with E-state index >= 15 is 0 Å². The summed E-state index contributed by atoms with van der Waals surface area (Å²) in [5.41, 5.74) is 0.876. The standard InChI is InChI=1S/C16H26FN3O/c1-11-9-20(10-12(2)21-11)15-13(6-14(17)8-18-15)7-19-16(3,4)5/h6,8,11-12,19H,7,9-10H2,1-5H3. The fraction of sp³-hybridized carbons (Fsp3) is 0.688. The Kier molecular flexibility index (Phi) is 4.84.